The molecular formula is C16H27ClN2O3S. The maximum absolute atomic E-state index is 12.4. The third kappa shape index (κ3) is 6.30. The van der Waals surface area contributed by atoms with Gasteiger partial charge in [-0.2, -0.15) is 0 Å². The molecule has 2 rings (SSSR count). The molecule has 0 spiro atoms. The van der Waals surface area contributed by atoms with E-state index in [0.29, 0.717) is 18.3 Å². The molecule has 23 heavy (non-hydrogen) atoms. The smallest absolute Gasteiger partial charge is 0.240 e. The molecule has 1 aromatic carbocycles. The maximum atomic E-state index is 12.4. The fraction of sp³-hybridized carbons (Fsp3) is 0.625. The second-order valence-corrected chi connectivity index (χ2v) is 8.12. The normalized spacial score (nSPS) is 21.7. The van der Waals surface area contributed by atoms with E-state index in [4.69, 9.17) is 10.5 Å². The van der Waals surface area contributed by atoms with Crippen LogP contribution in [0.2, 0.25) is 0 Å². The molecule has 1 saturated carbocycles. The van der Waals surface area contributed by atoms with Crippen LogP contribution in [0.5, 0.6) is 5.75 Å². The van der Waals surface area contributed by atoms with Crippen LogP contribution in [-0.2, 0) is 10.0 Å². The Morgan fingerprint density at radius 1 is 1.17 bits per heavy atom. The van der Waals surface area contributed by atoms with Gasteiger partial charge in [-0.1, -0.05) is 13.8 Å². The van der Waals surface area contributed by atoms with Crippen molar-refractivity contribution in [1.82, 2.24) is 4.72 Å². The minimum Gasteiger partial charge on any atom is -0.493 e. The Balaban J connectivity index is 0.00000264. The van der Waals surface area contributed by atoms with Crippen LogP contribution in [0.4, 0.5) is 0 Å². The van der Waals surface area contributed by atoms with Gasteiger partial charge in [-0.25, -0.2) is 13.1 Å². The average molecular weight is 363 g/mol. The van der Waals surface area contributed by atoms with E-state index in [-0.39, 0.29) is 29.4 Å². The van der Waals surface area contributed by atoms with Crippen molar-refractivity contribution >= 4 is 22.4 Å². The largest absolute Gasteiger partial charge is 0.493 e. The van der Waals surface area contributed by atoms with Gasteiger partial charge in [0.25, 0.3) is 0 Å². The minimum atomic E-state index is -3.47. The zero-order valence-corrected chi connectivity index (χ0v) is 15.3. The second-order valence-electron chi connectivity index (χ2n) is 6.41. The molecule has 0 aromatic heterocycles. The molecule has 1 aromatic rings. The molecule has 1 fully saturated rings. The van der Waals surface area contributed by atoms with E-state index in [1.807, 2.05) is 0 Å². The number of halogens is 1. The zero-order chi connectivity index (χ0) is 16.2. The van der Waals surface area contributed by atoms with Crippen molar-refractivity contribution in [3.63, 3.8) is 0 Å². The Morgan fingerprint density at radius 2 is 1.74 bits per heavy atom. The van der Waals surface area contributed by atoms with Gasteiger partial charge in [-0.05, 0) is 55.9 Å². The summed E-state index contributed by atoms with van der Waals surface area (Å²) in [6.07, 6.45) is 3.34. The molecule has 0 saturated heterocycles. The summed E-state index contributed by atoms with van der Waals surface area (Å²) in [5.74, 6) is 1.12. The molecule has 1 aliphatic rings. The molecule has 0 bridgehead atoms. The van der Waals surface area contributed by atoms with Crippen LogP contribution >= 0.6 is 12.4 Å². The van der Waals surface area contributed by atoms with Crippen molar-refractivity contribution in [3.05, 3.63) is 24.3 Å². The first-order valence-corrected chi connectivity index (χ1v) is 9.36. The van der Waals surface area contributed by atoms with Crippen LogP contribution in [0.25, 0.3) is 0 Å². The minimum absolute atomic E-state index is 0. The highest BCUT2D eigenvalue weighted by Gasteiger charge is 2.24. The number of ether oxygens (including phenoxy) is 1. The zero-order valence-electron chi connectivity index (χ0n) is 13.7. The summed E-state index contributed by atoms with van der Waals surface area (Å²) in [5.41, 5.74) is 5.85. The lowest BCUT2D eigenvalue weighted by Crippen LogP contribution is -2.40. The van der Waals surface area contributed by atoms with E-state index in [2.05, 4.69) is 18.6 Å². The summed E-state index contributed by atoms with van der Waals surface area (Å²) < 4.78 is 33.1. The van der Waals surface area contributed by atoms with E-state index >= 15 is 0 Å². The highest BCUT2D eigenvalue weighted by molar-refractivity contribution is 7.89. The topological polar surface area (TPSA) is 81.4 Å². The number of hydrogen-bond acceptors (Lipinski definition) is 4. The summed E-state index contributed by atoms with van der Waals surface area (Å²) in [5, 5.41) is 0. The summed E-state index contributed by atoms with van der Waals surface area (Å²) in [4.78, 5) is 0.277. The highest BCUT2D eigenvalue weighted by atomic mass is 35.5. The fourth-order valence-corrected chi connectivity index (χ4v) is 3.81. The first-order valence-electron chi connectivity index (χ1n) is 7.87. The van der Waals surface area contributed by atoms with Crippen LogP contribution in [0, 0.1) is 5.92 Å². The number of hydrogen-bond donors (Lipinski definition) is 2. The van der Waals surface area contributed by atoms with Crippen LogP contribution in [0.3, 0.4) is 0 Å². The van der Waals surface area contributed by atoms with E-state index in [0.717, 1.165) is 25.7 Å². The van der Waals surface area contributed by atoms with Crippen molar-refractivity contribution in [2.24, 2.45) is 11.7 Å². The predicted molar refractivity (Wildman–Crippen MR) is 94.6 cm³/mol. The van der Waals surface area contributed by atoms with Gasteiger partial charge in [0.05, 0.1) is 11.5 Å². The van der Waals surface area contributed by atoms with Crippen molar-refractivity contribution < 1.29 is 13.2 Å². The van der Waals surface area contributed by atoms with Gasteiger partial charge in [-0.15, -0.1) is 12.4 Å². The van der Waals surface area contributed by atoms with Gasteiger partial charge in [0.15, 0.2) is 0 Å². The van der Waals surface area contributed by atoms with Crippen molar-refractivity contribution in [2.75, 3.05) is 6.61 Å². The van der Waals surface area contributed by atoms with Gasteiger partial charge in [-0.3, -0.25) is 0 Å². The number of nitrogens with two attached hydrogens (primary N) is 1. The van der Waals surface area contributed by atoms with Crippen LogP contribution < -0.4 is 15.2 Å². The molecule has 0 aliphatic heterocycles. The third-order valence-electron chi connectivity index (χ3n) is 3.81. The quantitative estimate of drug-likeness (QED) is 0.815. The molecular weight excluding hydrogens is 336 g/mol. The Morgan fingerprint density at radius 3 is 2.26 bits per heavy atom. The maximum Gasteiger partial charge on any atom is 0.240 e. The van der Waals surface area contributed by atoms with Crippen LogP contribution in [0.15, 0.2) is 29.2 Å². The summed E-state index contributed by atoms with van der Waals surface area (Å²) in [7, 11) is -3.47. The number of rotatable bonds is 6. The molecule has 1 aliphatic carbocycles. The third-order valence-corrected chi connectivity index (χ3v) is 5.35. The first-order chi connectivity index (χ1) is 10.4. The Bertz CT molecular complexity index is 567. The lowest BCUT2D eigenvalue weighted by atomic mass is 9.93. The van der Waals surface area contributed by atoms with Gasteiger partial charge < -0.3 is 10.5 Å². The Kier molecular flexibility index (Phi) is 7.80. The Hall–Kier alpha value is -0.820. The van der Waals surface area contributed by atoms with Crippen molar-refractivity contribution in [2.45, 2.75) is 56.5 Å². The van der Waals surface area contributed by atoms with Crippen LogP contribution in [0.1, 0.15) is 39.5 Å². The lowest BCUT2D eigenvalue weighted by Gasteiger charge is -2.26. The molecule has 0 heterocycles. The molecule has 3 N–H and O–H groups in total. The molecule has 0 radical (unpaired) electrons. The molecule has 132 valence electrons. The number of sulfonamides is 1. The van der Waals surface area contributed by atoms with Gasteiger partial charge in [0.2, 0.25) is 10.0 Å². The molecule has 0 atom stereocenters. The SMILES string of the molecule is CC(C)COc1ccc(S(=O)(=O)NC2CCC(N)CC2)cc1.Cl. The van der Waals surface area contributed by atoms with E-state index in [9.17, 15) is 8.42 Å². The lowest BCUT2D eigenvalue weighted by molar-refractivity contribution is 0.271. The van der Waals surface area contributed by atoms with Crippen LogP contribution in [-0.4, -0.2) is 27.1 Å². The van der Waals surface area contributed by atoms with Gasteiger partial charge in [0.1, 0.15) is 5.75 Å². The average Bonchev–Trinajstić information content (AvgIpc) is 2.48. The Labute approximate surface area is 145 Å². The summed E-state index contributed by atoms with van der Waals surface area (Å²) in [6, 6.07) is 6.78. The van der Waals surface area contributed by atoms with Crippen molar-refractivity contribution in [3.8, 4) is 5.75 Å². The van der Waals surface area contributed by atoms with E-state index in [1.54, 1.807) is 24.3 Å². The van der Waals surface area contributed by atoms with Crippen molar-refractivity contribution in [1.29, 1.82) is 0 Å². The second kappa shape index (κ2) is 8.87. The van der Waals surface area contributed by atoms with E-state index in [1.165, 1.54) is 0 Å². The fourth-order valence-electron chi connectivity index (χ4n) is 2.50. The van der Waals surface area contributed by atoms with E-state index < -0.39 is 10.0 Å². The molecule has 7 heteroatoms. The monoisotopic (exact) mass is 362 g/mol. The highest BCUT2D eigenvalue weighted by Crippen LogP contribution is 2.21. The van der Waals surface area contributed by atoms with Gasteiger partial charge in [0, 0.05) is 12.1 Å². The number of nitrogens with one attached hydrogen (secondary N) is 1. The molecule has 5 nitrogen and oxygen atoms in total. The number of benzene rings is 1. The standard InChI is InChI=1S/C16H26N2O3S.ClH/c1-12(2)11-21-15-7-9-16(10-8-15)22(19,20)18-14-5-3-13(17)4-6-14;/h7-10,12-14,18H,3-6,11,17H2,1-2H3;1H. The first kappa shape index (κ1) is 20.2. The summed E-state index contributed by atoms with van der Waals surface area (Å²) in [6.45, 7) is 4.75. The predicted octanol–water partition coefficient (Wildman–Crippen LogP) is 2.69. The molecule has 0 amide bonds. The van der Waals surface area contributed by atoms with Gasteiger partial charge >= 0.3 is 0 Å². The molecule has 0 unspecified atom stereocenters. The summed E-state index contributed by atoms with van der Waals surface area (Å²) >= 11 is 0.